The van der Waals surface area contributed by atoms with Crippen LogP contribution in [0.15, 0.2) is 52.6 Å². The Bertz CT molecular complexity index is 1590. The Labute approximate surface area is 242 Å². The Balaban J connectivity index is 1.40. The first-order valence-corrected chi connectivity index (χ1v) is 14.1. The van der Waals surface area contributed by atoms with Crippen LogP contribution in [0, 0.1) is 5.41 Å². The summed E-state index contributed by atoms with van der Waals surface area (Å²) in [5.74, 6) is -1.37. The van der Waals surface area contributed by atoms with Gasteiger partial charge >= 0.3 is 12.3 Å². The molecule has 0 saturated carbocycles. The van der Waals surface area contributed by atoms with E-state index in [-0.39, 0.29) is 37.6 Å². The van der Waals surface area contributed by atoms with Crippen molar-refractivity contribution < 1.29 is 49.7 Å². The molecule has 0 atom stereocenters. The summed E-state index contributed by atoms with van der Waals surface area (Å²) in [4.78, 5) is 43.7. The number of carbonyl (C=O) groups is 3. The van der Waals surface area contributed by atoms with Crippen molar-refractivity contribution in [3.05, 3.63) is 64.5 Å². The van der Waals surface area contributed by atoms with E-state index in [2.05, 4.69) is 10.3 Å². The van der Waals surface area contributed by atoms with Crippen molar-refractivity contribution in [1.29, 1.82) is 0 Å². The number of ether oxygens (including phenoxy) is 1. The van der Waals surface area contributed by atoms with Gasteiger partial charge in [-0.15, -0.1) is 0 Å². The number of hydrogen-bond acceptors (Lipinski definition) is 7. The molecule has 0 saturated heterocycles. The molecule has 2 aliphatic heterocycles. The van der Waals surface area contributed by atoms with Crippen molar-refractivity contribution in [1.82, 2.24) is 19.5 Å². The molecule has 0 bridgehead atoms. The maximum absolute atomic E-state index is 13.2. The van der Waals surface area contributed by atoms with E-state index in [4.69, 9.17) is 4.74 Å². The zero-order valence-corrected chi connectivity index (χ0v) is 23.9. The maximum Gasteiger partial charge on any atom is 0.417 e. The van der Waals surface area contributed by atoms with Gasteiger partial charge in [-0.2, -0.15) is 13.2 Å². The van der Waals surface area contributed by atoms with Gasteiger partial charge in [-0.1, -0.05) is 41.9 Å². The summed E-state index contributed by atoms with van der Waals surface area (Å²) in [6.07, 6.45) is -4.99. The minimum atomic E-state index is -5.19. The zero-order chi connectivity index (χ0) is 31.9. The normalized spacial score (nSPS) is 15.7. The number of nitrogens with one attached hydrogen (secondary N) is 1. The number of benzene rings is 1. The SMILES string of the molecule is CC(C)(C)C(=O)Nc1cc(C(F)(F)F)cnc1COC(=O)N1CC2=C(C1)CN(C(=O)c1ccccc1S(=O)(=O)N(F)F)C2. The molecule has 0 aliphatic carbocycles. The first-order chi connectivity index (χ1) is 19.9. The predicted octanol–water partition coefficient (Wildman–Crippen LogP) is 4.25. The number of pyridine rings is 1. The second-order valence-electron chi connectivity index (χ2n) is 10.9. The van der Waals surface area contributed by atoms with Crippen LogP contribution in [0.4, 0.5) is 32.6 Å². The summed E-state index contributed by atoms with van der Waals surface area (Å²) in [7, 11) is -5.19. The van der Waals surface area contributed by atoms with E-state index in [0.717, 1.165) is 12.1 Å². The van der Waals surface area contributed by atoms with Crippen LogP contribution in [-0.4, -0.2) is 72.0 Å². The van der Waals surface area contributed by atoms with E-state index in [1.54, 1.807) is 20.8 Å². The fraction of sp³-hybridized carbons (Fsp3) is 0.385. The smallest absolute Gasteiger partial charge is 0.417 e. The molecule has 0 spiro atoms. The number of amides is 3. The van der Waals surface area contributed by atoms with Crippen molar-refractivity contribution in [3.8, 4) is 0 Å². The van der Waals surface area contributed by atoms with Gasteiger partial charge in [0, 0.05) is 37.8 Å². The average molecular weight is 632 g/mol. The largest absolute Gasteiger partial charge is 0.443 e. The lowest BCUT2D eigenvalue weighted by Crippen LogP contribution is -2.37. The molecule has 2 aliphatic rings. The molecule has 1 aromatic heterocycles. The molecule has 43 heavy (non-hydrogen) atoms. The second-order valence-corrected chi connectivity index (χ2v) is 12.5. The van der Waals surface area contributed by atoms with Crippen LogP contribution in [0.3, 0.4) is 0 Å². The first-order valence-electron chi connectivity index (χ1n) is 12.6. The summed E-state index contributed by atoms with van der Waals surface area (Å²) in [5.41, 5.74) is -1.51. The second kappa shape index (κ2) is 11.5. The van der Waals surface area contributed by atoms with Gasteiger partial charge in [0.25, 0.3) is 15.9 Å². The van der Waals surface area contributed by atoms with E-state index in [1.807, 2.05) is 0 Å². The summed E-state index contributed by atoms with van der Waals surface area (Å²) in [6, 6.07) is 5.28. The van der Waals surface area contributed by atoms with Crippen LogP contribution in [-0.2, 0) is 32.3 Å². The quantitative estimate of drug-likeness (QED) is 0.287. The third-order valence-electron chi connectivity index (χ3n) is 6.71. The molecule has 3 heterocycles. The predicted molar refractivity (Wildman–Crippen MR) is 140 cm³/mol. The molecule has 3 amide bonds. The number of hydrogen-bond donors (Lipinski definition) is 1. The number of aromatic nitrogens is 1. The van der Waals surface area contributed by atoms with Crippen molar-refractivity contribution in [2.45, 2.75) is 38.4 Å². The van der Waals surface area contributed by atoms with Crippen LogP contribution >= 0.6 is 0 Å². The van der Waals surface area contributed by atoms with Crippen LogP contribution < -0.4 is 5.32 Å². The van der Waals surface area contributed by atoms with Crippen LogP contribution in [0.5, 0.6) is 0 Å². The number of rotatable bonds is 6. The first kappa shape index (κ1) is 31.8. The number of alkyl halides is 3. The van der Waals surface area contributed by atoms with Gasteiger partial charge in [0.1, 0.15) is 17.1 Å². The highest BCUT2D eigenvalue weighted by Crippen LogP contribution is 2.33. The van der Waals surface area contributed by atoms with Gasteiger partial charge in [-0.25, -0.2) is 13.2 Å². The zero-order valence-electron chi connectivity index (χ0n) is 23.0. The molecule has 17 heteroatoms. The number of halogens is 5. The Kier molecular flexibility index (Phi) is 8.52. The Morgan fingerprint density at radius 3 is 2.14 bits per heavy atom. The van der Waals surface area contributed by atoms with Crippen molar-refractivity contribution >= 4 is 33.6 Å². The number of sulfonamides is 1. The molecular weight excluding hydrogens is 605 g/mol. The minimum Gasteiger partial charge on any atom is -0.443 e. The number of carbonyl (C=O) groups excluding carboxylic acids is 3. The lowest BCUT2D eigenvalue weighted by atomic mass is 9.95. The molecule has 1 N–H and O–H groups in total. The van der Waals surface area contributed by atoms with Crippen molar-refractivity contribution in [2.75, 3.05) is 31.5 Å². The minimum absolute atomic E-state index is 0.00470. The summed E-state index contributed by atoms with van der Waals surface area (Å²) < 4.78 is 93.0. The van der Waals surface area contributed by atoms with E-state index in [0.29, 0.717) is 23.4 Å². The van der Waals surface area contributed by atoms with Crippen LogP contribution in [0.1, 0.15) is 42.4 Å². The van der Waals surface area contributed by atoms with Crippen molar-refractivity contribution in [3.63, 3.8) is 0 Å². The summed E-state index contributed by atoms with van der Waals surface area (Å²) >= 11 is 0. The topological polar surface area (TPSA) is 129 Å². The van der Waals surface area contributed by atoms with Gasteiger partial charge < -0.3 is 19.9 Å². The van der Waals surface area contributed by atoms with Crippen LogP contribution in [0.25, 0.3) is 0 Å². The van der Waals surface area contributed by atoms with Gasteiger partial charge in [-0.05, 0) is 29.3 Å². The summed E-state index contributed by atoms with van der Waals surface area (Å²) in [5, 5.41) is 2.40. The fourth-order valence-corrected chi connectivity index (χ4v) is 5.20. The monoisotopic (exact) mass is 631 g/mol. The molecule has 0 radical (unpaired) electrons. The van der Waals surface area contributed by atoms with Crippen LogP contribution in [0.2, 0.25) is 0 Å². The lowest BCUT2D eigenvalue weighted by molar-refractivity contribution is -0.137. The Morgan fingerprint density at radius 1 is 1.00 bits per heavy atom. The molecule has 4 rings (SSSR count). The Hall–Kier alpha value is -4.12. The third-order valence-corrected chi connectivity index (χ3v) is 7.98. The molecule has 232 valence electrons. The molecule has 0 unspecified atom stereocenters. The number of nitrogens with zero attached hydrogens (tertiary/aromatic N) is 4. The standard InChI is InChI=1S/C26H26F5N5O6S/c1-25(2,3)23(38)33-19-8-17(26(27,28)29)9-32-20(19)14-42-24(39)35-12-15-10-34(11-16(15)13-35)22(37)18-6-4-5-7-21(18)43(40,41)36(30)31/h4-9H,10-14H2,1-3H3,(H,33,38). The van der Waals surface area contributed by atoms with Gasteiger partial charge in [0.2, 0.25) is 5.91 Å². The highest BCUT2D eigenvalue weighted by atomic mass is 32.2. The molecule has 2 aromatic rings. The highest BCUT2D eigenvalue weighted by molar-refractivity contribution is 7.89. The third kappa shape index (κ3) is 6.77. The van der Waals surface area contributed by atoms with Gasteiger partial charge in [0.05, 0.1) is 21.7 Å². The fourth-order valence-electron chi connectivity index (χ4n) is 4.37. The molecule has 0 fully saturated rings. The van der Waals surface area contributed by atoms with Gasteiger partial charge in [0.15, 0.2) is 0 Å². The van der Waals surface area contributed by atoms with Gasteiger partial charge in [-0.3, -0.25) is 14.6 Å². The average Bonchev–Trinajstić information content (AvgIpc) is 3.50. The lowest BCUT2D eigenvalue weighted by Gasteiger charge is -2.24. The van der Waals surface area contributed by atoms with E-state index in [9.17, 15) is 44.9 Å². The molecular formula is C26H26F5N5O6S. The molecule has 1 aromatic carbocycles. The van der Waals surface area contributed by atoms with Crippen molar-refractivity contribution in [2.24, 2.45) is 5.41 Å². The molecule has 11 nitrogen and oxygen atoms in total. The van der Waals surface area contributed by atoms with E-state index >= 15 is 0 Å². The van der Waals surface area contributed by atoms with E-state index in [1.165, 1.54) is 21.9 Å². The summed E-state index contributed by atoms with van der Waals surface area (Å²) in [6.45, 7) is 4.24. The van der Waals surface area contributed by atoms with E-state index < -0.39 is 66.9 Å². The highest BCUT2D eigenvalue weighted by Gasteiger charge is 2.38. The Morgan fingerprint density at radius 2 is 1.58 bits per heavy atom. The maximum atomic E-state index is 13.2. The number of anilines is 1.